The lowest BCUT2D eigenvalue weighted by molar-refractivity contribution is -0.137. The van der Waals surface area contributed by atoms with E-state index in [0.29, 0.717) is 19.4 Å². The summed E-state index contributed by atoms with van der Waals surface area (Å²) < 4.78 is 0. The summed E-state index contributed by atoms with van der Waals surface area (Å²) in [6.07, 6.45) is 3.39. The Morgan fingerprint density at radius 2 is 1.88 bits per heavy atom. The second-order valence-corrected chi connectivity index (χ2v) is 4.25. The maximum absolute atomic E-state index is 11.4. The van der Waals surface area contributed by atoms with E-state index in [1.54, 1.807) is 0 Å². The lowest BCUT2D eigenvalue weighted by Gasteiger charge is -2.15. The first-order valence-corrected chi connectivity index (χ1v) is 6.23. The van der Waals surface area contributed by atoms with Crippen molar-refractivity contribution in [2.24, 2.45) is 0 Å². The van der Waals surface area contributed by atoms with Gasteiger partial charge in [0.2, 0.25) is 5.91 Å². The predicted molar refractivity (Wildman–Crippen MR) is 66.9 cm³/mol. The third kappa shape index (κ3) is 11.2. The third-order valence-electron chi connectivity index (χ3n) is 2.50. The zero-order valence-corrected chi connectivity index (χ0v) is 10.9. The van der Waals surface area contributed by atoms with Crippen molar-refractivity contribution in [2.75, 3.05) is 26.7 Å². The molecule has 0 fully saturated rings. The molecule has 100 valence electrons. The summed E-state index contributed by atoms with van der Waals surface area (Å²) in [5.74, 6) is -0.822. The minimum Gasteiger partial charge on any atom is -0.481 e. The predicted octanol–water partition coefficient (Wildman–Crippen LogP) is 1.09. The van der Waals surface area contributed by atoms with Gasteiger partial charge in [-0.05, 0) is 26.4 Å². The molecule has 0 aliphatic heterocycles. The molecular weight excluding hydrogens is 220 g/mol. The lowest BCUT2D eigenvalue weighted by Crippen LogP contribution is -2.30. The van der Waals surface area contributed by atoms with Gasteiger partial charge in [0.25, 0.3) is 0 Å². The molecule has 5 heteroatoms. The minimum absolute atomic E-state index is 0.00117. The fourth-order valence-corrected chi connectivity index (χ4v) is 1.39. The molecule has 0 atom stereocenters. The maximum Gasteiger partial charge on any atom is 0.303 e. The molecule has 0 saturated heterocycles. The van der Waals surface area contributed by atoms with Gasteiger partial charge in [-0.1, -0.05) is 13.3 Å². The summed E-state index contributed by atoms with van der Waals surface area (Å²) >= 11 is 0. The number of unbranched alkanes of at least 4 members (excludes halogenated alkanes) is 1. The summed E-state index contributed by atoms with van der Waals surface area (Å²) in [6, 6.07) is 0. The van der Waals surface area contributed by atoms with Gasteiger partial charge in [-0.25, -0.2) is 0 Å². The summed E-state index contributed by atoms with van der Waals surface area (Å²) in [4.78, 5) is 23.8. The molecule has 1 amide bonds. The molecule has 5 nitrogen and oxygen atoms in total. The first-order chi connectivity index (χ1) is 8.06. The Bertz CT molecular complexity index is 232. The third-order valence-corrected chi connectivity index (χ3v) is 2.50. The average molecular weight is 244 g/mol. The number of carboxylic acids is 1. The number of nitrogens with one attached hydrogen (secondary N) is 1. The van der Waals surface area contributed by atoms with Crippen molar-refractivity contribution in [2.45, 2.75) is 39.0 Å². The Hall–Kier alpha value is -1.10. The molecule has 0 aromatic heterocycles. The number of hydrogen-bond donors (Lipinski definition) is 2. The van der Waals surface area contributed by atoms with E-state index < -0.39 is 5.97 Å². The minimum atomic E-state index is -0.821. The molecule has 0 heterocycles. The summed E-state index contributed by atoms with van der Waals surface area (Å²) in [5.41, 5.74) is 0. The molecule has 0 aliphatic carbocycles. The van der Waals surface area contributed by atoms with Crippen LogP contribution in [-0.2, 0) is 9.59 Å². The van der Waals surface area contributed by atoms with Crippen molar-refractivity contribution in [3.63, 3.8) is 0 Å². The fraction of sp³-hybridized carbons (Fsp3) is 0.833. The summed E-state index contributed by atoms with van der Waals surface area (Å²) in [7, 11) is 2.01. The second-order valence-electron chi connectivity index (χ2n) is 4.25. The van der Waals surface area contributed by atoms with Gasteiger partial charge in [-0.15, -0.1) is 0 Å². The number of carbonyl (C=O) groups excluding carboxylic acids is 1. The Morgan fingerprint density at radius 3 is 2.47 bits per heavy atom. The first-order valence-electron chi connectivity index (χ1n) is 6.23. The van der Waals surface area contributed by atoms with Crippen LogP contribution in [0.25, 0.3) is 0 Å². The van der Waals surface area contributed by atoms with Crippen LogP contribution in [0, 0.1) is 0 Å². The monoisotopic (exact) mass is 244 g/mol. The fourth-order valence-electron chi connectivity index (χ4n) is 1.39. The molecule has 2 N–H and O–H groups in total. The molecule has 0 saturated carbocycles. The topological polar surface area (TPSA) is 69.6 Å². The smallest absolute Gasteiger partial charge is 0.303 e. The van der Waals surface area contributed by atoms with Gasteiger partial charge < -0.3 is 15.3 Å². The van der Waals surface area contributed by atoms with E-state index in [9.17, 15) is 9.59 Å². The van der Waals surface area contributed by atoms with E-state index in [0.717, 1.165) is 25.9 Å². The van der Waals surface area contributed by atoms with E-state index in [4.69, 9.17) is 5.11 Å². The number of carboxylic acid groups (broad SMARTS) is 1. The molecule has 0 aromatic carbocycles. The highest BCUT2D eigenvalue weighted by Gasteiger charge is 2.04. The first kappa shape index (κ1) is 15.9. The number of rotatable bonds is 10. The lowest BCUT2D eigenvalue weighted by atomic mass is 10.3. The normalized spacial score (nSPS) is 10.5. The number of hydrogen-bond acceptors (Lipinski definition) is 3. The van der Waals surface area contributed by atoms with E-state index in [1.807, 2.05) is 7.05 Å². The van der Waals surface area contributed by atoms with Crippen LogP contribution in [-0.4, -0.2) is 48.6 Å². The number of amides is 1. The van der Waals surface area contributed by atoms with Crippen molar-refractivity contribution in [3.8, 4) is 0 Å². The molecule has 0 radical (unpaired) electrons. The molecular formula is C12H24N2O3. The van der Waals surface area contributed by atoms with Crippen molar-refractivity contribution in [3.05, 3.63) is 0 Å². The number of aliphatic carboxylic acids is 1. The van der Waals surface area contributed by atoms with Crippen LogP contribution in [0.2, 0.25) is 0 Å². The molecule has 17 heavy (non-hydrogen) atoms. The van der Waals surface area contributed by atoms with Crippen molar-refractivity contribution < 1.29 is 14.7 Å². The summed E-state index contributed by atoms with van der Waals surface area (Å²) in [6.45, 7) is 4.36. The van der Waals surface area contributed by atoms with E-state index in [1.165, 1.54) is 0 Å². The van der Waals surface area contributed by atoms with Crippen LogP contribution in [0.15, 0.2) is 0 Å². The highest BCUT2D eigenvalue weighted by molar-refractivity contribution is 5.76. The van der Waals surface area contributed by atoms with Crippen molar-refractivity contribution in [1.82, 2.24) is 10.2 Å². The molecule has 0 rings (SSSR count). The van der Waals surface area contributed by atoms with E-state index in [-0.39, 0.29) is 12.3 Å². The van der Waals surface area contributed by atoms with E-state index in [2.05, 4.69) is 17.1 Å². The van der Waals surface area contributed by atoms with Crippen LogP contribution in [0.3, 0.4) is 0 Å². The van der Waals surface area contributed by atoms with Crippen molar-refractivity contribution in [1.29, 1.82) is 0 Å². The Kier molecular flexibility index (Phi) is 9.43. The van der Waals surface area contributed by atoms with Gasteiger partial charge in [0.15, 0.2) is 0 Å². The van der Waals surface area contributed by atoms with Crippen LogP contribution >= 0.6 is 0 Å². The average Bonchev–Trinajstić information content (AvgIpc) is 2.29. The summed E-state index contributed by atoms with van der Waals surface area (Å²) in [5, 5.41) is 11.1. The molecule has 0 unspecified atom stereocenters. The highest BCUT2D eigenvalue weighted by atomic mass is 16.4. The Labute approximate surface area is 103 Å². The molecule has 0 aromatic rings. The van der Waals surface area contributed by atoms with Gasteiger partial charge in [-0.3, -0.25) is 9.59 Å². The van der Waals surface area contributed by atoms with Crippen LogP contribution in [0.1, 0.15) is 39.0 Å². The molecule has 0 spiro atoms. The van der Waals surface area contributed by atoms with Gasteiger partial charge in [0, 0.05) is 25.9 Å². The standard InChI is InChI=1S/C12H24N2O3/c1-3-4-9-14(2)10-7-11(15)13-8-5-6-12(16)17/h3-10H2,1-2H3,(H,13,15)(H,16,17). The van der Waals surface area contributed by atoms with Crippen LogP contribution in [0.5, 0.6) is 0 Å². The second kappa shape index (κ2) is 10.1. The van der Waals surface area contributed by atoms with Gasteiger partial charge in [0.1, 0.15) is 0 Å². The Balaban J connectivity index is 3.42. The largest absolute Gasteiger partial charge is 0.481 e. The van der Waals surface area contributed by atoms with Gasteiger partial charge in [-0.2, -0.15) is 0 Å². The van der Waals surface area contributed by atoms with E-state index >= 15 is 0 Å². The van der Waals surface area contributed by atoms with Crippen LogP contribution < -0.4 is 5.32 Å². The maximum atomic E-state index is 11.4. The zero-order chi connectivity index (χ0) is 13.1. The highest BCUT2D eigenvalue weighted by Crippen LogP contribution is 1.94. The Morgan fingerprint density at radius 1 is 1.18 bits per heavy atom. The number of nitrogens with zero attached hydrogens (tertiary/aromatic N) is 1. The van der Waals surface area contributed by atoms with Crippen LogP contribution in [0.4, 0.5) is 0 Å². The van der Waals surface area contributed by atoms with Gasteiger partial charge in [0.05, 0.1) is 0 Å². The molecule has 0 bridgehead atoms. The zero-order valence-electron chi connectivity index (χ0n) is 10.9. The quantitative estimate of drug-likeness (QED) is 0.564. The number of carbonyl (C=O) groups is 2. The molecule has 0 aliphatic rings. The van der Waals surface area contributed by atoms with Crippen molar-refractivity contribution >= 4 is 11.9 Å². The SMILES string of the molecule is CCCCN(C)CCC(=O)NCCCC(=O)O. The van der Waals surface area contributed by atoms with Gasteiger partial charge >= 0.3 is 5.97 Å².